The summed E-state index contributed by atoms with van der Waals surface area (Å²) in [5.74, 6) is -2.23. The third-order valence-corrected chi connectivity index (χ3v) is 11.4. The molecule has 4 aliphatic rings. The molecule has 8 rings (SSSR count). The van der Waals surface area contributed by atoms with Crippen LogP contribution in [0.4, 0.5) is 0 Å². The number of aromatic carboxylic acids is 2. The number of aromatic hydroxyl groups is 2. The standard InChI is InChI=1S/C27H23NO7.C25H22O5.2CH4O/c1-4-16(29)12-28-26(32)15-5-6-17(18(9-15)27(33)34)25-19-7-13(2)21(30)10-23(19)35-24-11-22(31)14(3)8-20(24)25;1-4-7-17-23(27)14(3)11-19-22(15-8-5-6-9-16(15)25(28)29)18-10-13(2)20(26)12-21(18)30-24(17)19;2*1-2/h5-11,30H,4,12H2,1-3H3,(H,28,32)(H,33,34);5-6,8-12,27H,4,7H2,1-3H3,(H,28,29);2*2H,1H3. The fraction of sp³-hybridized carbons (Fsp3) is 0.222. The second kappa shape index (κ2) is 22.1. The van der Waals surface area contributed by atoms with E-state index in [4.69, 9.17) is 19.0 Å². The van der Waals surface area contributed by atoms with Gasteiger partial charge in [0, 0.05) is 83.0 Å². The smallest absolute Gasteiger partial charge is 0.336 e. The number of aliphatic hydroxyl groups is 2. The van der Waals surface area contributed by atoms with E-state index in [0.29, 0.717) is 89.7 Å². The van der Waals surface area contributed by atoms with Crippen molar-refractivity contribution in [3.05, 3.63) is 150 Å². The molecule has 2 aliphatic heterocycles. The first-order valence-electron chi connectivity index (χ1n) is 21.8. The number of benzene rings is 6. The van der Waals surface area contributed by atoms with E-state index in [9.17, 15) is 49.2 Å². The molecule has 1 amide bonds. The molecule has 0 spiro atoms. The van der Waals surface area contributed by atoms with E-state index in [1.165, 1.54) is 36.4 Å². The summed E-state index contributed by atoms with van der Waals surface area (Å²) in [4.78, 5) is 73.0. The summed E-state index contributed by atoms with van der Waals surface area (Å²) in [6.07, 6.45) is 1.66. The molecule has 0 bridgehead atoms. The van der Waals surface area contributed by atoms with Crippen LogP contribution in [0.15, 0.2) is 103 Å². The van der Waals surface area contributed by atoms with E-state index in [1.54, 1.807) is 70.2 Å². The maximum absolute atomic E-state index is 12.5. The maximum Gasteiger partial charge on any atom is 0.336 e. The number of rotatable bonds is 10. The predicted molar refractivity (Wildman–Crippen MR) is 263 cm³/mol. The van der Waals surface area contributed by atoms with Gasteiger partial charge in [-0.25, -0.2) is 9.59 Å². The van der Waals surface area contributed by atoms with Gasteiger partial charge in [-0.3, -0.25) is 19.2 Å². The molecule has 0 fully saturated rings. The van der Waals surface area contributed by atoms with Crippen LogP contribution in [0.3, 0.4) is 0 Å². The molecule has 0 saturated carbocycles. The monoisotopic (exact) mass is 939 g/mol. The van der Waals surface area contributed by atoms with Crippen LogP contribution in [0.2, 0.25) is 0 Å². The third-order valence-electron chi connectivity index (χ3n) is 11.4. The largest absolute Gasteiger partial charge is 0.508 e. The molecule has 0 unspecified atom stereocenters. The van der Waals surface area contributed by atoms with E-state index in [-0.39, 0.29) is 69.1 Å². The normalized spacial score (nSPS) is 10.7. The van der Waals surface area contributed by atoms with Crippen molar-refractivity contribution in [2.24, 2.45) is 0 Å². The van der Waals surface area contributed by atoms with Gasteiger partial charge in [-0.2, -0.15) is 0 Å². The Labute approximate surface area is 396 Å². The lowest BCUT2D eigenvalue weighted by Gasteiger charge is -2.20. The van der Waals surface area contributed by atoms with Crippen molar-refractivity contribution in [2.75, 3.05) is 20.8 Å². The van der Waals surface area contributed by atoms with Crippen molar-refractivity contribution in [2.45, 2.75) is 60.8 Å². The molecule has 7 N–H and O–H groups in total. The molecule has 2 aliphatic carbocycles. The van der Waals surface area contributed by atoms with Gasteiger partial charge >= 0.3 is 11.9 Å². The quantitative estimate of drug-likeness (QED) is 0.0631. The van der Waals surface area contributed by atoms with Gasteiger partial charge < -0.3 is 44.8 Å². The highest BCUT2D eigenvalue weighted by Gasteiger charge is 2.27. The first-order valence-corrected chi connectivity index (χ1v) is 21.8. The van der Waals surface area contributed by atoms with Crippen LogP contribution in [-0.2, 0) is 11.2 Å². The zero-order chi connectivity index (χ0) is 51.0. The lowest BCUT2D eigenvalue weighted by atomic mass is 9.88. The van der Waals surface area contributed by atoms with E-state index < -0.39 is 17.8 Å². The lowest BCUT2D eigenvalue weighted by molar-refractivity contribution is -0.117. The number of carboxylic acid groups (broad SMARTS) is 2. The number of nitrogens with one attached hydrogen (secondary N) is 1. The molecule has 0 atom stereocenters. The highest BCUT2D eigenvalue weighted by molar-refractivity contribution is 6.10. The Bertz CT molecular complexity index is 3320. The van der Waals surface area contributed by atoms with Gasteiger partial charge in [0.2, 0.25) is 0 Å². The molecule has 0 radical (unpaired) electrons. The van der Waals surface area contributed by atoms with Crippen LogP contribution in [0.25, 0.3) is 66.8 Å². The first-order chi connectivity index (χ1) is 32.9. The molecule has 15 heteroatoms. The molecule has 358 valence electrons. The Kier molecular flexibility index (Phi) is 16.6. The average molecular weight is 940 g/mol. The number of aryl methyl sites for hydroxylation is 5. The summed E-state index contributed by atoms with van der Waals surface area (Å²) < 4.78 is 12.1. The van der Waals surface area contributed by atoms with Crippen molar-refractivity contribution in [3.63, 3.8) is 0 Å². The maximum atomic E-state index is 12.5. The minimum atomic E-state index is -1.26. The van der Waals surface area contributed by atoms with Crippen LogP contribution in [0, 0.1) is 27.7 Å². The van der Waals surface area contributed by atoms with Gasteiger partial charge in [-0.15, -0.1) is 0 Å². The van der Waals surface area contributed by atoms with Crippen LogP contribution < -0.4 is 16.2 Å². The second-order valence-corrected chi connectivity index (χ2v) is 16.0. The summed E-state index contributed by atoms with van der Waals surface area (Å²) >= 11 is 0. The van der Waals surface area contributed by atoms with E-state index >= 15 is 0 Å². The zero-order valence-corrected chi connectivity index (χ0v) is 39.4. The number of carbonyl (C=O) groups is 4. The van der Waals surface area contributed by atoms with Crippen molar-refractivity contribution in [1.29, 1.82) is 0 Å². The predicted octanol–water partition coefficient (Wildman–Crippen LogP) is 9.05. The number of hydrogen-bond donors (Lipinski definition) is 7. The van der Waals surface area contributed by atoms with Gasteiger partial charge in [0.05, 0.1) is 17.7 Å². The number of phenolic OH excluding ortho intramolecular Hbond substituents is 2. The first kappa shape index (κ1) is 51.8. The Morgan fingerprint density at radius 1 is 0.594 bits per heavy atom. The van der Waals surface area contributed by atoms with Gasteiger partial charge in [0.25, 0.3) is 5.91 Å². The number of carboxylic acids is 2. The van der Waals surface area contributed by atoms with Gasteiger partial charge in [0.1, 0.15) is 34.2 Å². The number of phenols is 2. The highest BCUT2D eigenvalue weighted by atomic mass is 16.4. The van der Waals surface area contributed by atoms with Gasteiger partial charge in [-0.05, 0) is 110 Å². The van der Waals surface area contributed by atoms with Gasteiger partial charge in [-0.1, -0.05) is 44.5 Å². The SMILES string of the molecule is CCC(=O)CNC(=O)c1ccc(-c2c3cc(C)c(=O)cc-3oc3cc(O)c(C)cc23)c(C(=O)O)c1.CCCc1c(O)c(C)cc2c(-c3ccccc3C(=O)O)c3cc(C)c(=O)cc-3oc12.CO.CO. The summed E-state index contributed by atoms with van der Waals surface area (Å²) in [5.41, 5.74) is 6.62. The molecule has 4 aromatic rings. The number of aliphatic hydroxyl groups excluding tert-OH is 2. The van der Waals surface area contributed by atoms with E-state index in [0.717, 1.165) is 20.6 Å². The molecule has 0 saturated heterocycles. The van der Waals surface area contributed by atoms with Crippen LogP contribution in [0.5, 0.6) is 11.5 Å². The molecule has 2 heterocycles. The van der Waals surface area contributed by atoms with Crippen molar-refractivity contribution >= 4 is 45.6 Å². The molecule has 0 aromatic heterocycles. The number of amides is 1. The second-order valence-electron chi connectivity index (χ2n) is 16.0. The minimum Gasteiger partial charge on any atom is -0.508 e. The Morgan fingerprint density at radius 3 is 1.72 bits per heavy atom. The molecule has 4 aromatic carbocycles. The third kappa shape index (κ3) is 10.5. The van der Waals surface area contributed by atoms with Gasteiger partial charge in [0.15, 0.2) is 16.6 Å². The van der Waals surface area contributed by atoms with Crippen LogP contribution in [0.1, 0.15) is 85.6 Å². The number of ketones is 1. The number of fused-ring (bicyclic) bond motifs is 4. The number of hydrogen-bond acceptors (Lipinski definition) is 12. The lowest BCUT2D eigenvalue weighted by Crippen LogP contribution is -2.29. The van der Waals surface area contributed by atoms with E-state index in [2.05, 4.69) is 5.32 Å². The molecule has 15 nitrogen and oxygen atoms in total. The van der Waals surface area contributed by atoms with Crippen LogP contribution in [-0.4, -0.2) is 75.0 Å². The minimum absolute atomic E-state index is 0.00638. The summed E-state index contributed by atoms with van der Waals surface area (Å²) in [6, 6.07) is 22.1. The fourth-order valence-corrected chi connectivity index (χ4v) is 7.97. The Morgan fingerprint density at radius 2 is 1.14 bits per heavy atom. The number of carbonyl (C=O) groups excluding carboxylic acids is 2. The summed E-state index contributed by atoms with van der Waals surface area (Å²) in [6.45, 7) is 10.5. The van der Waals surface area contributed by atoms with Crippen molar-refractivity contribution < 1.29 is 58.7 Å². The zero-order valence-electron chi connectivity index (χ0n) is 39.4. The number of Topliss-reactive ketones (excluding diaryl/α,β-unsaturated/α-hetero) is 1. The molecular weight excluding hydrogens is 887 g/mol. The molecular formula is C54H53NO14. The van der Waals surface area contributed by atoms with Crippen molar-refractivity contribution in [3.8, 4) is 56.4 Å². The molecule has 69 heavy (non-hydrogen) atoms. The Hall–Kier alpha value is -8.14. The van der Waals surface area contributed by atoms with Crippen molar-refractivity contribution in [1.82, 2.24) is 5.32 Å². The summed E-state index contributed by atoms with van der Waals surface area (Å²) in [5, 5.41) is 58.5. The summed E-state index contributed by atoms with van der Waals surface area (Å²) in [7, 11) is 2.00. The average Bonchev–Trinajstić information content (AvgIpc) is 3.33. The fourth-order valence-electron chi connectivity index (χ4n) is 7.97. The highest BCUT2D eigenvalue weighted by Crippen LogP contribution is 2.46. The Balaban J connectivity index is 0.000000243. The van der Waals surface area contributed by atoms with E-state index in [1.807, 2.05) is 19.9 Å². The topological polar surface area (TPSA) is 262 Å². The van der Waals surface area contributed by atoms with Crippen LogP contribution >= 0.6 is 0 Å².